The van der Waals surface area contributed by atoms with E-state index >= 15 is 0 Å². The van der Waals surface area contributed by atoms with Gasteiger partial charge in [-0.25, -0.2) is 4.98 Å². The first kappa shape index (κ1) is 10.3. The molecular weight excluding hydrogens is 234 g/mol. The highest BCUT2D eigenvalue weighted by Gasteiger charge is 2.06. The van der Waals surface area contributed by atoms with Gasteiger partial charge in [0.2, 0.25) is 5.89 Å². The van der Waals surface area contributed by atoms with Gasteiger partial charge in [0.05, 0.1) is 18.3 Å². The summed E-state index contributed by atoms with van der Waals surface area (Å²) in [5, 5.41) is 5.49. The molecule has 0 bridgehead atoms. The van der Waals surface area contributed by atoms with Crippen LogP contribution in [0, 0.1) is 6.92 Å². The van der Waals surface area contributed by atoms with Gasteiger partial charge < -0.3 is 9.73 Å². The number of hydrogen-bond donors (Lipinski definition) is 1. The summed E-state index contributed by atoms with van der Waals surface area (Å²) in [4.78, 5) is 4.15. The standard InChI is InChI=1S/C12H11N3OS/c1-8-6-13-11(16-8)7-14-12-9-4-2-3-5-10(9)15-17-12/h2-6,14H,7H2,1H3. The van der Waals surface area contributed by atoms with Gasteiger partial charge in [-0.3, -0.25) is 0 Å². The molecular formula is C12H11N3OS. The number of nitrogens with zero attached hydrogens (tertiary/aromatic N) is 2. The molecule has 0 amide bonds. The predicted molar refractivity (Wildman–Crippen MR) is 68.2 cm³/mol. The van der Waals surface area contributed by atoms with Crippen LogP contribution in [-0.4, -0.2) is 9.36 Å². The van der Waals surface area contributed by atoms with Gasteiger partial charge in [0.25, 0.3) is 0 Å². The highest BCUT2D eigenvalue weighted by molar-refractivity contribution is 7.11. The van der Waals surface area contributed by atoms with E-state index in [9.17, 15) is 0 Å². The van der Waals surface area contributed by atoms with E-state index in [4.69, 9.17) is 4.42 Å². The summed E-state index contributed by atoms with van der Waals surface area (Å²) >= 11 is 1.46. The summed E-state index contributed by atoms with van der Waals surface area (Å²) in [6.45, 7) is 2.47. The molecule has 0 radical (unpaired) electrons. The smallest absolute Gasteiger partial charge is 0.213 e. The third kappa shape index (κ3) is 2.01. The summed E-state index contributed by atoms with van der Waals surface area (Å²) in [7, 11) is 0. The number of aryl methyl sites for hydroxylation is 1. The predicted octanol–water partition coefficient (Wildman–Crippen LogP) is 3.20. The maximum Gasteiger partial charge on any atom is 0.213 e. The molecule has 3 rings (SSSR count). The Labute approximate surface area is 102 Å². The van der Waals surface area contributed by atoms with Crippen LogP contribution < -0.4 is 5.32 Å². The maximum atomic E-state index is 5.40. The van der Waals surface area contributed by atoms with Crippen molar-refractivity contribution in [2.45, 2.75) is 13.5 Å². The number of nitrogens with one attached hydrogen (secondary N) is 1. The molecule has 5 heteroatoms. The molecule has 0 unspecified atom stereocenters. The van der Waals surface area contributed by atoms with Gasteiger partial charge in [-0.05, 0) is 30.6 Å². The molecule has 0 saturated carbocycles. The number of hydrogen-bond acceptors (Lipinski definition) is 5. The average Bonchev–Trinajstić information content (AvgIpc) is 2.93. The van der Waals surface area contributed by atoms with E-state index in [1.54, 1.807) is 6.20 Å². The van der Waals surface area contributed by atoms with Crippen LogP contribution in [0.3, 0.4) is 0 Å². The van der Waals surface area contributed by atoms with Crippen molar-refractivity contribution in [2.24, 2.45) is 0 Å². The molecule has 4 nitrogen and oxygen atoms in total. The first-order valence-corrected chi connectivity index (χ1v) is 6.10. The van der Waals surface area contributed by atoms with Crippen LogP contribution >= 0.6 is 11.5 Å². The molecule has 1 N–H and O–H groups in total. The van der Waals surface area contributed by atoms with E-state index in [1.807, 2.05) is 25.1 Å². The molecule has 1 aromatic carbocycles. The maximum absolute atomic E-state index is 5.40. The van der Waals surface area contributed by atoms with Gasteiger partial charge in [0, 0.05) is 5.39 Å². The Morgan fingerprint density at radius 2 is 2.24 bits per heavy atom. The van der Waals surface area contributed by atoms with Crippen molar-refractivity contribution in [2.75, 3.05) is 5.32 Å². The van der Waals surface area contributed by atoms with Crippen molar-refractivity contribution >= 4 is 27.4 Å². The highest BCUT2D eigenvalue weighted by Crippen LogP contribution is 2.27. The molecule has 2 aromatic heterocycles. The monoisotopic (exact) mass is 245 g/mol. The third-order valence-corrected chi connectivity index (χ3v) is 3.29. The molecule has 3 aromatic rings. The lowest BCUT2D eigenvalue weighted by Crippen LogP contribution is -1.97. The molecule has 2 heterocycles. The van der Waals surface area contributed by atoms with E-state index in [1.165, 1.54) is 11.5 Å². The second kappa shape index (κ2) is 4.18. The minimum absolute atomic E-state index is 0.583. The molecule has 86 valence electrons. The zero-order chi connectivity index (χ0) is 11.7. The van der Waals surface area contributed by atoms with E-state index in [2.05, 4.69) is 20.7 Å². The van der Waals surface area contributed by atoms with Crippen molar-refractivity contribution in [1.82, 2.24) is 9.36 Å². The van der Waals surface area contributed by atoms with Crippen LogP contribution in [0.1, 0.15) is 11.7 Å². The topological polar surface area (TPSA) is 51.0 Å². The second-order valence-corrected chi connectivity index (χ2v) is 4.52. The van der Waals surface area contributed by atoms with Crippen LogP contribution in [0.25, 0.3) is 10.9 Å². The van der Waals surface area contributed by atoms with E-state index in [0.29, 0.717) is 12.4 Å². The van der Waals surface area contributed by atoms with Gasteiger partial charge >= 0.3 is 0 Å². The quantitative estimate of drug-likeness (QED) is 0.769. The Balaban J connectivity index is 1.81. The molecule has 0 saturated heterocycles. The van der Waals surface area contributed by atoms with E-state index < -0.39 is 0 Å². The summed E-state index contributed by atoms with van der Waals surface area (Å²) in [6, 6.07) is 8.06. The number of anilines is 1. The molecule has 0 fully saturated rings. The SMILES string of the molecule is Cc1cnc(CNc2snc3ccccc23)o1. The molecule has 0 aliphatic carbocycles. The summed E-state index contributed by atoms with van der Waals surface area (Å²) in [6.07, 6.45) is 1.72. The van der Waals surface area contributed by atoms with Crippen LogP contribution in [0.2, 0.25) is 0 Å². The van der Waals surface area contributed by atoms with Crippen LogP contribution in [0.5, 0.6) is 0 Å². The largest absolute Gasteiger partial charge is 0.444 e. The lowest BCUT2D eigenvalue weighted by atomic mass is 10.2. The first-order chi connectivity index (χ1) is 8.33. The molecule has 0 spiro atoms. The normalized spacial score (nSPS) is 10.9. The van der Waals surface area contributed by atoms with Crippen molar-refractivity contribution < 1.29 is 4.42 Å². The minimum atomic E-state index is 0.583. The summed E-state index contributed by atoms with van der Waals surface area (Å²) < 4.78 is 9.77. The van der Waals surface area contributed by atoms with Gasteiger partial charge in [-0.1, -0.05) is 12.1 Å². The Morgan fingerprint density at radius 3 is 3.06 bits per heavy atom. The van der Waals surface area contributed by atoms with Crippen molar-refractivity contribution in [1.29, 1.82) is 0 Å². The van der Waals surface area contributed by atoms with Crippen LogP contribution in [0.4, 0.5) is 5.00 Å². The Bertz CT molecular complexity index is 644. The van der Waals surface area contributed by atoms with Crippen molar-refractivity contribution in [3.05, 3.63) is 42.1 Å². The fourth-order valence-electron chi connectivity index (χ4n) is 1.66. The van der Waals surface area contributed by atoms with Gasteiger partial charge in [0.1, 0.15) is 10.8 Å². The minimum Gasteiger partial charge on any atom is -0.444 e. The zero-order valence-corrected chi connectivity index (χ0v) is 10.1. The number of rotatable bonds is 3. The first-order valence-electron chi connectivity index (χ1n) is 5.32. The molecule has 0 atom stereocenters. The van der Waals surface area contributed by atoms with Crippen LogP contribution in [-0.2, 0) is 6.54 Å². The average molecular weight is 245 g/mol. The van der Waals surface area contributed by atoms with E-state index in [0.717, 1.165) is 21.7 Å². The third-order valence-electron chi connectivity index (χ3n) is 2.45. The summed E-state index contributed by atoms with van der Waals surface area (Å²) in [5.41, 5.74) is 1.02. The number of aromatic nitrogens is 2. The van der Waals surface area contributed by atoms with Gasteiger partial charge in [-0.15, -0.1) is 0 Å². The Morgan fingerprint density at radius 1 is 1.35 bits per heavy atom. The van der Waals surface area contributed by atoms with E-state index in [-0.39, 0.29) is 0 Å². The molecule has 0 aliphatic rings. The molecule has 0 aliphatic heterocycles. The second-order valence-electron chi connectivity index (χ2n) is 3.75. The van der Waals surface area contributed by atoms with Crippen molar-refractivity contribution in [3.63, 3.8) is 0 Å². The number of benzene rings is 1. The van der Waals surface area contributed by atoms with Crippen molar-refractivity contribution in [3.8, 4) is 0 Å². The number of fused-ring (bicyclic) bond motifs is 1. The zero-order valence-electron chi connectivity index (χ0n) is 9.30. The number of oxazole rings is 1. The highest BCUT2D eigenvalue weighted by atomic mass is 32.1. The lowest BCUT2D eigenvalue weighted by molar-refractivity contribution is 0.479. The molecule has 17 heavy (non-hydrogen) atoms. The van der Waals surface area contributed by atoms with Crippen LogP contribution in [0.15, 0.2) is 34.9 Å². The summed E-state index contributed by atoms with van der Waals surface area (Å²) in [5.74, 6) is 1.52. The fourth-order valence-corrected chi connectivity index (χ4v) is 2.41. The van der Waals surface area contributed by atoms with Gasteiger partial charge in [-0.2, -0.15) is 4.37 Å². The Kier molecular flexibility index (Phi) is 2.53. The fraction of sp³-hybridized carbons (Fsp3) is 0.167. The van der Waals surface area contributed by atoms with Gasteiger partial charge in [0.15, 0.2) is 0 Å². The lowest BCUT2D eigenvalue weighted by Gasteiger charge is -1.99. The Hall–Kier alpha value is -1.88.